The fraction of sp³-hybridized carbons (Fsp3) is 0.500. The monoisotopic (exact) mass is 214 g/mol. The lowest BCUT2D eigenvalue weighted by Gasteiger charge is -2.02. The van der Waals surface area contributed by atoms with Crippen LogP contribution in [0, 0.1) is 13.8 Å². The zero-order valence-corrected chi connectivity index (χ0v) is 10.0. The van der Waals surface area contributed by atoms with Gasteiger partial charge in [-0.2, -0.15) is 0 Å². The summed E-state index contributed by atoms with van der Waals surface area (Å²) in [5.74, 6) is 1.88. The maximum Gasteiger partial charge on any atom is 0.110 e. The van der Waals surface area contributed by atoms with Gasteiger partial charge < -0.3 is 4.98 Å². The number of benzene rings is 1. The van der Waals surface area contributed by atoms with Gasteiger partial charge in [-0.05, 0) is 43.9 Å². The minimum Gasteiger partial charge on any atom is -0.342 e. The van der Waals surface area contributed by atoms with E-state index in [4.69, 9.17) is 4.98 Å². The van der Waals surface area contributed by atoms with Gasteiger partial charge in [-0.25, -0.2) is 4.98 Å². The summed E-state index contributed by atoms with van der Waals surface area (Å²) in [6.07, 6.45) is 5.33. The topological polar surface area (TPSA) is 28.7 Å². The molecule has 1 N–H and O–H groups in total. The molecule has 1 aromatic heterocycles. The average molecular weight is 214 g/mol. The van der Waals surface area contributed by atoms with Crippen LogP contribution in [0.2, 0.25) is 0 Å². The fourth-order valence-electron chi connectivity index (χ4n) is 2.88. The van der Waals surface area contributed by atoms with Gasteiger partial charge >= 0.3 is 0 Å². The lowest BCUT2D eigenvalue weighted by Crippen LogP contribution is -1.94. The highest BCUT2D eigenvalue weighted by Crippen LogP contribution is 2.33. The summed E-state index contributed by atoms with van der Waals surface area (Å²) in [6, 6.07) is 4.41. The highest BCUT2D eigenvalue weighted by Gasteiger charge is 2.20. The van der Waals surface area contributed by atoms with Gasteiger partial charge in [0, 0.05) is 5.92 Å². The van der Waals surface area contributed by atoms with Crippen molar-refractivity contribution in [3.8, 4) is 0 Å². The first-order chi connectivity index (χ1) is 7.74. The summed E-state index contributed by atoms with van der Waals surface area (Å²) in [6.45, 7) is 4.29. The zero-order chi connectivity index (χ0) is 11.1. The third-order valence-electron chi connectivity index (χ3n) is 3.68. The third kappa shape index (κ3) is 1.53. The van der Waals surface area contributed by atoms with Crippen molar-refractivity contribution in [2.75, 3.05) is 0 Å². The Morgan fingerprint density at radius 2 is 1.94 bits per heavy atom. The molecule has 0 atom stereocenters. The van der Waals surface area contributed by atoms with Gasteiger partial charge in [-0.3, -0.25) is 0 Å². The lowest BCUT2D eigenvalue weighted by atomic mass is 10.1. The molecule has 1 aliphatic rings. The number of hydrogen-bond donors (Lipinski definition) is 1. The van der Waals surface area contributed by atoms with Crippen molar-refractivity contribution in [2.45, 2.75) is 45.4 Å². The molecule has 0 radical (unpaired) electrons. The molecule has 1 fully saturated rings. The molecule has 2 heteroatoms. The molecule has 2 nitrogen and oxygen atoms in total. The van der Waals surface area contributed by atoms with Crippen LogP contribution in [-0.2, 0) is 0 Å². The first-order valence-electron chi connectivity index (χ1n) is 6.21. The molecule has 0 saturated heterocycles. The summed E-state index contributed by atoms with van der Waals surface area (Å²) < 4.78 is 0. The van der Waals surface area contributed by atoms with E-state index in [1.165, 1.54) is 48.2 Å². The number of nitrogens with zero attached hydrogens (tertiary/aromatic N) is 1. The van der Waals surface area contributed by atoms with Crippen molar-refractivity contribution in [3.63, 3.8) is 0 Å². The second-order valence-electron chi connectivity index (χ2n) is 5.08. The van der Waals surface area contributed by atoms with E-state index < -0.39 is 0 Å². The summed E-state index contributed by atoms with van der Waals surface area (Å²) in [4.78, 5) is 8.29. The van der Waals surface area contributed by atoms with E-state index in [1.54, 1.807) is 0 Å². The molecular formula is C14H18N2. The molecule has 0 spiro atoms. The van der Waals surface area contributed by atoms with Crippen LogP contribution in [0.15, 0.2) is 12.1 Å². The minimum absolute atomic E-state index is 0.673. The van der Waals surface area contributed by atoms with Crippen molar-refractivity contribution < 1.29 is 0 Å². The molecule has 1 saturated carbocycles. The SMILES string of the molecule is Cc1cc(C)c2nc(C3CCCC3)[nH]c2c1. The van der Waals surface area contributed by atoms with Gasteiger partial charge in [-0.1, -0.05) is 18.9 Å². The Kier molecular flexibility index (Phi) is 2.23. The molecular weight excluding hydrogens is 196 g/mol. The van der Waals surface area contributed by atoms with Crippen molar-refractivity contribution in [1.29, 1.82) is 0 Å². The van der Waals surface area contributed by atoms with Crippen molar-refractivity contribution >= 4 is 11.0 Å². The molecule has 0 amide bonds. The summed E-state index contributed by atoms with van der Waals surface area (Å²) in [5, 5.41) is 0. The molecule has 84 valence electrons. The average Bonchev–Trinajstić information content (AvgIpc) is 2.82. The molecule has 0 bridgehead atoms. The predicted octanol–water partition coefficient (Wildman–Crippen LogP) is 3.84. The molecule has 0 aliphatic heterocycles. The van der Waals surface area contributed by atoms with E-state index in [-0.39, 0.29) is 0 Å². The highest BCUT2D eigenvalue weighted by molar-refractivity contribution is 5.79. The lowest BCUT2D eigenvalue weighted by molar-refractivity contribution is 0.681. The molecule has 2 aromatic rings. The number of fused-ring (bicyclic) bond motifs is 1. The Balaban J connectivity index is 2.11. The second-order valence-corrected chi connectivity index (χ2v) is 5.08. The van der Waals surface area contributed by atoms with Crippen LogP contribution in [0.3, 0.4) is 0 Å². The number of aromatic nitrogens is 2. The van der Waals surface area contributed by atoms with Crippen molar-refractivity contribution in [2.24, 2.45) is 0 Å². The maximum absolute atomic E-state index is 4.78. The number of rotatable bonds is 1. The van der Waals surface area contributed by atoms with Crippen LogP contribution in [0.4, 0.5) is 0 Å². The maximum atomic E-state index is 4.78. The van der Waals surface area contributed by atoms with Crippen LogP contribution in [0.25, 0.3) is 11.0 Å². The first-order valence-corrected chi connectivity index (χ1v) is 6.21. The molecule has 1 aromatic carbocycles. The van der Waals surface area contributed by atoms with Gasteiger partial charge in [-0.15, -0.1) is 0 Å². The molecule has 16 heavy (non-hydrogen) atoms. The number of imidazole rings is 1. The summed E-state index contributed by atoms with van der Waals surface area (Å²) in [5.41, 5.74) is 4.97. The smallest absolute Gasteiger partial charge is 0.110 e. The largest absolute Gasteiger partial charge is 0.342 e. The standard InChI is InChI=1S/C14H18N2/c1-9-7-10(2)13-12(8-9)15-14(16-13)11-5-3-4-6-11/h7-8,11H,3-6H2,1-2H3,(H,15,16). The van der Waals surface area contributed by atoms with E-state index in [9.17, 15) is 0 Å². The molecule has 0 unspecified atom stereocenters. The number of nitrogens with one attached hydrogen (secondary N) is 1. The minimum atomic E-state index is 0.673. The van der Waals surface area contributed by atoms with E-state index in [0.29, 0.717) is 5.92 Å². The van der Waals surface area contributed by atoms with Gasteiger partial charge in [0.15, 0.2) is 0 Å². The van der Waals surface area contributed by atoms with E-state index >= 15 is 0 Å². The van der Waals surface area contributed by atoms with Crippen LogP contribution in [0.1, 0.15) is 48.6 Å². The summed E-state index contributed by atoms with van der Waals surface area (Å²) in [7, 11) is 0. The number of hydrogen-bond acceptors (Lipinski definition) is 1. The highest BCUT2D eigenvalue weighted by atomic mass is 14.9. The molecule has 1 aliphatic carbocycles. The Morgan fingerprint density at radius 1 is 1.19 bits per heavy atom. The summed E-state index contributed by atoms with van der Waals surface area (Å²) >= 11 is 0. The second kappa shape index (κ2) is 3.62. The Hall–Kier alpha value is -1.31. The Bertz CT molecular complexity index is 519. The molecule has 1 heterocycles. The van der Waals surface area contributed by atoms with Crippen LogP contribution in [-0.4, -0.2) is 9.97 Å². The van der Waals surface area contributed by atoms with Crippen LogP contribution >= 0.6 is 0 Å². The Morgan fingerprint density at radius 3 is 2.69 bits per heavy atom. The number of H-pyrrole nitrogens is 1. The number of aromatic amines is 1. The molecule has 3 rings (SSSR count). The third-order valence-corrected chi connectivity index (χ3v) is 3.68. The normalized spacial score (nSPS) is 17.4. The zero-order valence-electron chi connectivity index (χ0n) is 10.0. The quantitative estimate of drug-likeness (QED) is 0.767. The fourth-order valence-corrected chi connectivity index (χ4v) is 2.88. The van der Waals surface area contributed by atoms with Crippen molar-refractivity contribution in [1.82, 2.24) is 9.97 Å². The number of aryl methyl sites for hydroxylation is 2. The van der Waals surface area contributed by atoms with Crippen molar-refractivity contribution in [3.05, 3.63) is 29.1 Å². The Labute approximate surface area is 96.1 Å². The van der Waals surface area contributed by atoms with Crippen LogP contribution < -0.4 is 0 Å². The van der Waals surface area contributed by atoms with E-state index in [1.807, 2.05) is 0 Å². The van der Waals surface area contributed by atoms with E-state index in [2.05, 4.69) is 31.0 Å². The van der Waals surface area contributed by atoms with E-state index in [0.717, 1.165) is 5.52 Å². The van der Waals surface area contributed by atoms with Gasteiger partial charge in [0.1, 0.15) is 5.82 Å². The van der Waals surface area contributed by atoms with Crippen LogP contribution in [0.5, 0.6) is 0 Å². The van der Waals surface area contributed by atoms with Gasteiger partial charge in [0.25, 0.3) is 0 Å². The van der Waals surface area contributed by atoms with Gasteiger partial charge in [0.05, 0.1) is 11.0 Å². The van der Waals surface area contributed by atoms with Gasteiger partial charge in [0.2, 0.25) is 0 Å². The first kappa shape index (κ1) is 9.88. The predicted molar refractivity (Wildman–Crippen MR) is 66.8 cm³/mol.